The molecule has 30 heavy (non-hydrogen) atoms. The van der Waals surface area contributed by atoms with Gasteiger partial charge in [-0.2, -0.15) is 0 Å². The van der Waals surface area contributed by atoms with E-state index >= 15 is 0 Å². The predicted octanol–water partition coefficient (Wildman–Crippen LogP) is 4.23. The molecule has 0 aliphatic carbocycles. The molecule has 9 heteroatoms. The molecule has 3 aromatic rings. The Balaban J connectivity index is 1.85. The lowest BCUT2D eigenvalue weighted by molar-refractivity contribution is -0.383. The second-order valence-corrected chi connectivity index (χ2v) is 7.24. The number of benzene rings is 3. The number of nitrogens with one attached hydrogen (secondary N) is 1. The van der Waals surface area contributed by atoms with Gasteiger partial charge in [-0.05, 0) is 60.1 Å². The van der Waals surface area contributed by atoms with Gasteiger partial charge in [0.1, 0.15) is 5.57 Å². The number of amides is 2. The van der Waals surface area contributed by atoms with Gasteiger partial charge in [-0.15, -0.1) is 0 Å². The predicted molar refractivity (Wildman–Crippen MR) is 118 cm³/mol. The van der Waals surface area contributed by atoms with Crippen LogP contribution >= 0.6 is 23.8 Å². The zero-order valence-electron chi connectivity index (χ0n) is 15.2. The first-order chi connectivity index (χ1) is 14.4. The Morgan fingerprint density at radius 3 is 2.43 bits per heavy atom. The largest absolute Gasteiger partial charge is 0.298 e. The number of fused-ring (bicyclic) bond motifs is 1. The topological polar surface area (TPSA) is 92.6 Å². The molecule has 1 saturated heterocycles. The van der Waals surface area contributed by atoms with Gasteiger partial charge < -0.3 is 0 Å². The molecular formula is C21H12ClN3O4S. The van der Waals surface area contributed by atoms with Crippen LogP contribution in [0.25, 0.3) is 16.8 Å². The Bertz CT molecular complexity index is 1270. The summed E-state index contributed by atoms with van der Waals surface area (Å²) in [6, 6.07) is 16.4. The molecule has 0 atom stereocenters. The van der Waals surface area contributed by atoms with E-state index in [1.54, 1.807) is 54.6 Å². The van der Waals surface area contributed by atoms with E-state index in [4.69, 9.17) is 23.8 Å². The Morgan fingerprint density at radius 1 is 1.03 bits per heavy atom. The van der Waals surface area contributed by atoms with Crippen molar-refractivity contribution in [3.63, 3.8) is 0 Å². The fourth-order valence-corrected chi connectivity index (χ4v) is 3.64. The standard InChI is InChI=1S/C21H12ClN3O4S/c22-14-7-9-15(10-8-14)24-20(27)17(19(26)23-21(24)30)11-13-6-5-12-3-1-2-4-16(12)18(13)25(28)29/h1-11H,(H,23,26,30). The highest BCUT2D eigenvalue weighted by atomic mass is 35.5. The molecule has 0 unspecified atom stereocenters. The third-order valence-corrected chi connectivity index (χ3v) is 5.14. The van der Waals surface area contributed by atoms with Crippen molar-refractivity contribution < 1.29 is 14.5 Å². The summed E-state index contributed by atoms with van der Waals surface area (Å²) in [6.45, 7) is 0. The van der Waals surface area contributed by atoms with Crippen LogP contribution in [0, 0.1) is 10.1 Å². The molecule has 0 saturated carbocycles. The Kier molecular flexibility index (Phi) is 5.03. The van der Waals surface area contributed by atoms with Crippen molar-refractivity contribution >= 4 is 69.0 Å². The van der Waals surface area contributed by atoms with Gasteiger partial charge in [-0.25, -0.2) is 0 Å². The van der Waals surface area contributed by atoms with E-state index in [9.17, 15) is 19.7 Å². The number of thiocarbonyl (C=S) groups is 1. The van der Waals surface area contributed by atoms with Crippen LogP contribution in [0.4, 0.5) is 11.4 Å². The highest BCUT2D eigenvalue weighted by molar-refractivity contribution is 7.80. The molecule has 0 spiro atoms. The summed E-state index contributed by atoms with van der Waals surface area (Å²) in [5.74, 6) is -1.41. The van der Waals surface area contributed by atoms with Gasteiger partial charge in [0.05, 0.1) is 21.6 Å². The van der Waals surface area contributed by atoms with Gasteiger partial charge in [0.15, 0.2) is 5.11 Å². The van der Waals surface area contributed by atoms with Crippen molar-refractivity contribution in [3.05, 3.63) is 86.9 Å². The molecule has 1 fully saturated rings. The number of nitro groups is 1. The number of nitro benzene ring substituents is 1. The maximum absolute atomic E-state index is 13.1. The fourth-order valence-electron chi connectivity index (χ4n) is 3.23. The first kappa shape index (κ1) is 19.7. The maximum atomic E-state index is 13.1. The molecule has 1 aliphatic rings. The molecule has 148 valence electrons. The van der Waals surface area contributed by atoms with Crippen molar-refractivity contribution in [1.82, 2.24) is 5.32 Å². The zero-order valence-corrected chi connectivity index (χ0v) is 16.7. The van der Waals surface area contributed by atoms with Crippen molar-refractivity contribution in [2.75, 3.05) is 4.90 Å². The maximum Gasteiger partial charge on any atom is 0.284 e. The average molecular weight is 438 g/mol. The van der Waals surface area contributed by atoms with Crippen LogP contribution in [0.15, 0.2) is 66.2 Å². The highest BCUT2D eigenvalue weighted by Gasteiger charge is 2.35. The molecule has 0 radical (unpaired) electrons. The minimum Gasteiger partial charge on any atom is -0.298 e. The molecule has 7 nitrogen and oxygen atoms in total. The van der Waals surface area contributed by atoms with Crippen LogP contribution < -0.4 is 10.2 Å². The van der Waals surface area contributed by atoms with Crippen LogP contribution in [-0.4, -0.2) is 21.9 Å². The molecule has 2 amide bonds. The van der Waals surface area contributed by atoms with Crippen molar-refractivity contribution in [1.29, 1.82) is 0 Å². The first-order valence-electron chi connectivity index (χ1n) is 8.70. The summed E-state index contributed by atoms with van der Waals surface area (Å²) >= 11 is 11.0. The van der Waals surface area contributed by atoms with Gasteiger partial charge in [0, 0.05) is 5.02 Å². The van der Waals surface area contributed by atoms with Gasteiger partial charge in [-0.3, -0.25) is 29.9 Å². The summed E-state index contributed by atoms with van der Waals surface area (Å²) in [5.41, 5.74) is 0.0960. The third kappa shape index (κ3) is 3.42. The van der Waals surface area contributed by atoms with E-state index in [2.05, 4.69) is 5.32 Å². The third-order valence-electron chi connectivity index (χ3n) is 4.60. The lowest BCUT2D eigenvalue weighted by atomic mass is 10.0. The number of carbonyl (C=O) groups is 2. The van der Waals surface area contributed by atoms with E-state index in [1.807, 2.05) is 0 Å². The number of hydrogen-bond donors (Lipinski definition) is 1. The number of carbonyl (C=O) groups excluding carboxylic acids is 2. The summed E-state index contributed by atoms with van der Waals surface area (Å²) in [4.78, 5) is 38.0. The Hall–Kier alpha value is -3.62. The van der Waals surface area contributed by atoms with E-state index < -0.39 is 16.7 Å². The molecule has 1 N–H and O–H groups in total. The van der Waals surface area contributed by atoms with Crippen LogP contribution in [0.3, 0.4) is 0 Å². The Labute approximate surface area is 180 Å². The lowest BCUT2D eigenvalue weighted by Crippen LogP contribution is -2.54. The average Bonchev–Trinajstić information content (AvgIpc) is 2.71. The van der Waals surface area contributed by atoms with E-state index in [1.165, 1.54) is 12.1 Å². The first-order valence-corrected chi connectivity index (χ1v) is 9.48. The van der Waals surface area contributed by atoms with Crippen molar-refractivity contribution in [2.45, 2.75) is 0 Å². The van der Waals surface area contributed by atoms with E-state index in [0.29, 0.717) is 21.5 Å². The molecule has 1 aliphatic heterocycles. The zero-order chi connectivity index (χ0) is 21.4. The molecule has 1 heterocycles. The molecule has 3 aromatic carbocycles. The number of anilines is 1. The van der Waals surface area contributed by atoms with Crippen LogP contribution in [0.1, 0.15) is 5.56 Å². The van der Waals surface area contributed by atoms with Crippen LogP contribution in [0.5, 0.6) is 0 Å². The normalized spacial score (nSPS) is 15.6. The summed E-state index contributed by atoms with van der Waals surface area (Å²) < 4.78 is 0. The molecule has 0 bridgehead atoms. The fraction of sp³-hybridized carbons (Fsp3) is 0. The summed E-state index contributed by atoms with van der Waals surface area (Å²) in [7, 11) is 0. The second-order valence-electron chi connectivity index (χ2n) is 6.42. The molecule has 4 rings (SSSR count). The Morgan fingerprint density at radius 2 is 1.73 bits per heavy atom. The van der Waals surface area contributed by atoms with Gasteiger partial charge in [0.25, 0.3) is 17.5 Å². The number of nitrogens with zero attached hydrogens (tertiary/aromatic N) is 2. The van der Waals surface area contributed by atoms with E-state index in [-0.39, 0.29) is 21.9 Å². The monoisotopic (exact) mass is 437 g/mol. The SMILES string of the molecule is O=C1NC(=S)N(c2ccc(Cl)cc2)C(=O)C1=Cc1ccc2ccccc2c1[N+](=O)[O-]. The van der Waals surface area contributed by atoms with Crippen molar-refractivity contribution in [3.8, 4) is 0 Å². The van der Waals surface area contributed by atoms with Gasteiger partial charge >= 0.3 is 0 Å². The van der Waals surface area contributed by atoms with Gasteiger partial charge in [0.2, 0.25) is 0 Å². The van der Waals surface area contributed by atoms with Crippen LogP contribution in [-0.2, 0) is 9.59 Å². The smallest absolute Gasteiger partial charge is 0.284 e. The van der Waals surface area contributed by atoms with Gasteiger partial charge in [-0.1, -0.05) is 35.9 Å². The lowest BCUT2D eigenvalue weighted by Gasteiger charge is -2.28. The number of hydrogen-bond acceptors (Lipinski definition) is 5. The van der Waals surface area contributed by atoms with Crippen LogP contribution in [0.2, 0.25) is 5.02 Å². The second kappa shape index (κ2) is 7.66. The quantitative estimate of drug-likeness (QED) is 0.217. The minimum atomic E-state index is -0.724. The summed E-state index contributed by atoms with van der Waals surface area (Å²) in [6.07, 6.45) is 1.22. The molecule has 0 aromatic heterocycles. The number of rotatable bonds is 3. The minimum absolute atomic E-state index is 0.0857. The van der Waals surface area contributed by atoms with Crippen molar-refractivity contribution in [2.24, 2.45) is 0 Å². The number of halogens is 1. The highest BCUT2D eigenvalue weighted by Crippen LogP contribution is 2.32. The van der Waals surface area contributed by atoms with E-state index in [0.717, 1.165) is 4.90 Å². The molecular weight excluding hydrogens is 426 g/mol. The summed E-state index contributed by atoms with van der Waals surface area (Å²) in [5, 5.41) is 15.7.